The number of hydrogen-bond acceptors (Lipinski definition) is 3. The van der Waals surface area contributed by atoms with E-state index in [0.717, 1.165) is 17.0 Å². The highest BCUT2D eigenvalue weighted by molar-refractivity contribution is 5.51. The van der Waals surface area contributed by atoms with Crippen LogP contribution in [0.2, 0.25) is 0 Å². The number of rotatable bonds is 4. The molecule has 0 fully saturated rings. The third kappa shape index (κ3) is 2.98. The van der Waals surface area contributed by atoms with E-state index in [4.69, 9.17) is 10.6 Å². The van der Waals surface area contributed by atoms with Gasteiger partial charge in [0.1, 0.15) is 12.4 Å². The van der Waals surface area contributed by atoms with Gasteiger partial charge in [-0.2, -0.15) is 0 Å². The quantitative estimate of drug-likeness (QED) is 0.645. The van der Waals surface area contributed by atoms with Gasteiger partial charge in [0.05, 0.1) is 5.69 Å². The van der Waals surface area contributed by atoms with Crippen molar-refractivity contribution in [2.45, 2.75) is 6.61 Å². The van der Waals surface area contributed by atoms with Crippen LogP contribution in [0.5, 0.6) is 5.75 Å². The number of hydrazine groups is 1. The van der Waals surface area contributed by atoms with Crippen LogP contribution in [0.3, 0.4) is 0 Å². The van der Waals surface area contributed by atoms with Gasteiger partial charge >= 0.3 is 0 Å². The zero-order valence-electron chi connectivity index (χ0n) is 9.84. The van der Waals surface area contributed by atoms with E-state index in [0.29, 0.717) is 6.61 Å². The summed E-state index contributed by atoms with van der Waals surface area (Å²) in [6.45, 7) is 0.516. The molecule has 0 spiro atoms. The summed E-state index contributed by atoms with van der Waals surface area (Å²) in [6.07, 6.45) is 0. The largest absolute Gasteiger partial charge is 0.489 e. The number of anilines is 1. The van der Waals surface area contributed by atoms with Crippen molar-refractivity contribution in [1.29, 1.82) is 0 Å². The number of ether oxygens (including phenoxy) is 1. The Morgan fingerprint density at radius 2 is 1.65 bits per heavy atom. The summed E-state index contributed by atoms with van der Waals surface area (Å²) in [5.74, 6) is 6.62. The Labute approximate surface area is 101 Å². The molecular weight excluding hydrogens is 212 g/mol. The minimum absolute atomic E-state index is 0.516. The standard InChI is InChI=1S/C14H16N2O/c1-16(15)14-10-6-5-7-12(14)11-17-13-8-3-2-4-9-13/h2-10H,11,15H2,1H3. The summed E-state index contributed by atoms with van der Waals surface area (Å²) in [5.41, 5.74) is 2.05. The molecule has 3 heteroatoms. The third-order valence-corrected chi connectivity index (χ3v) is 2.51. The van der Waals surface area contributed by atoms with Gasteiger partial charge in [-0.1, -0.05) is 36.4 Å². The van der Waals surface area contributed by atoms with Crippen molar-refractivity contribution in [3.63, 3.8) is 0 Å². The number of hydrogen-bond donors (Lipinski definition) is 1. The van der Waals surface area contributed by atoms with Crippen molar-refractivity contribution in [3.05, 3.63) is 60.2 Å². The molecule has 3 nitrogen and oxygen atoms in total. The second-order valence-corrected chi connectivity index (χ2v) is 3.84. The highest BCUT2D eigenvalue weighted by Gasteiger charge is 2.04. The molecule has 0 amide bonds. The summed E-state index contributed by atoms with van der Waals surface area (Å²) in [5, 5.41) is 1.60. The van der Waals surface area contributed by atoms with Gasteiger partial charge in [0.25, 0.3) is 0 Å². The van der Waals surface area contributed by atoms with E-state index in [-0.39, 0.29) is 0 Å². The van der Waals surface area contributed by atoms with Gasteiger partial charge in [-0.25, -0.2) is 5.84 Å². The Morgan fingerprint density at radius 3 is 2.35 bits per heavy atom. The lowest BCUT2D eigenvalue weighted by Gasteiger charge is -2.17. The molecular formula is C14H16N2O. The van der Waals surface area contributed by atoms with Crippen molar-refractivity contribution >= 4 is 5.69 Å². The molecule has 88 valence electrons. The maximum atomic E-state index is 5.76. The van der Waals surface area contributed by atoms with Crippen molar-refractivity contribution in [2.75, 3.05) is 12.1 Å². The lowest BCUT2D eigenvalue weighted by molar-refractivity contribution is 0.306. The molecule has 0 aromatic heterocycles. The van der Waals surface area contributed by atoms with E-state index in [2.05, 4.69) is 0 Å². The van der Waals surface area contributed by atoms with E-state index in [1.807, 2.05) is 61.6 Å². The van der Waals surface area contributed by atoms with Gasteiger partial charge in [0, 0.05) is 12.6 Å². The first-order chi connectivity index (χ1) is 8.27. The first-order valence-corrected chi connectivity index (χ1v) is 5.51. The average Bonchev–Trinajstić information content (AvgIpc) is 2.38. The monoisotopic (exact) mass is 228 g/mol. The van der Waals surface area contributed by atoms with E-state index < -0.39 is 0 Å². The maximum absolute atomic E-state index is 5.76. The Hall–Kier alpha value is -2.00. The van der Waals surface area contributed by atoms with Crippen LogP contribution < -0.4 is 15.6 Å². The van der Waals surface area contributed by atoms with Crippen LogP contribution in [0.1, 0.15) is 5.56 Å². The zero-order valence-corrected chi connectivity index (χ0v) is 9.84. The average molecular weight is 228 g/mol. The van der Waals surface area contributed by atoms with Crippen LogP contribution in [0, 0.1) is 0 Å². The van der Waals surface area contributed by atoms with Crippen LogP contribution in [0.4, 0.5) is 5.69 Å². The summed E-state index contributed by atoms with van der Waals surface area (Å²) >= 11 is 0. The van der Waals surface area contributed by atoms with E-state index in [1.54, 1.807) is 5.01 Å². The number of nitrogens with two attached hydrogens (primary N) is 1. The topological polar surface area (TPSA) is 38.5 Å². The van der Waals surface area contributed by atoms with Crippen molar-refractivity contribution < 1.29 is 4.74 Å². The Kier molecular flexibility index (Phi) is 3.62. The second kappa shape index (κ2) is 5.37. The lowest BCUT2D eigenvalue weighted by Crippen LogP contribution is -2.26. The first-order valence-electron chi connectivity index (χ1n) is 5.51. The predicted molar refractivity (Wildman–Crippen MR) is 69.8 cm³/mol. The minimum Gasteiger partial charge on any atom is -0.489 e. The van der Waals surface area contributed by atoms with Gasteiger partial charge in [-0.05, 0) is 18.2 Å². The van der Waals surface area contributed by atoms with Crippen LogP contribution in [0.25, 0.3) is 0 Å². The smallest absolute Gasteiger partial charge is 0.119 e. The molecule has 0 saturated heterocycles. The van der Waals surface area contributed by atoms with E-state index >= 15 is 0 Å². The number of benzene rings is 2. The molecule has 0 heterocycles. The van der Waals surface area contributed by atoms with Crippen molar-refractivity contribution in [3.8, 4) is 5.75 Å². The third-order valence-electron chi connectivity index (χ3n) is 2.51. The number of nitrogens with zero attached hydrogens (tertiary/aromatic N) is 1. The molecule has 0 aliphatic carbocycles. The zero-order chi connectivity index (χ0) is 12.1. The minimum atomic E-state index is 0.516. The highest BCUT2D eigenvalue weighted by atomic mass is 16.5. The molecule has 17 heavy (non-hydrogen) atoms. The fourth-order valence-corrected chi connectivity index (χ4v) is 1.65. The van der Waals surface area contributed by atoms with E-state index in [1.165, 1.54) is 0 Å². The lowest BCUT2D eigenvalue weighted by atomic mass is 10.2. The normalized spacial score (nSPS) is 10.0. The van der Waals surface area contributed by atoms with Crippen LogP contribution in [0.15, 0.2) is 54.6 Å². The fraction of sp³-hybridized carbons (Fsp3) is 0.143. The van der Waals surface area contributed by atoms with Gasteiger partial charge < -0.3 is 9.75 Å². The van der Waals surface area contributed by atoms with E-state index in [9.17, 15) is 0 Å². The Morgan fingerprint density at radius 1 is 1.00 bits per heavy atom. The number of para-hydroxylation sites is 2. The van der Waals surface area contributed by atoms with Gasteiger partial charge in [0.15, 0.2) is 0 Å². The first kappa shape index (κ1) is 11.5. The molecule has 0 atom stereocenters. The van der Waals surface area contributed by atoms with Crippen LogP contribution >= 0.6 is 0 Å². The highest BCUT2D eigenvalue weighted by Crippen LogP contribution is 2.19. The molecule has 0 unspecified atom stereocenters. The second-order valence-electron chi connectivity index (χ2n) is 3.84. The molecule has 0 aliphatic heterocycles. The summed E-state index contributed by atoms with van der Waals surface area (Å²) < 4.78 is 5.70. The summed E-state index contributed by atoms with van der Waals surface area (Å²) in [6, 6.07) is 17.7. The molecule has 0 radical (unpaired) electrons. The van der Waals surface area contributed by atoms with Gasteiger partial charge in [-0.15, -0.1) is 0 Å². The molecule has 2 aromatic carbocycles. The molecule has 2 aromatic rings. The predicted octanol–water partition coefficient (Wildman–Crippen LogP) is 2.58. The van der Waals surface area contributed by atoms with Crippen LogP contribution in [-0.4, -0.2) is 7.05 Å². The SMILES string of the molecule is CN(N)c1ccccc1COc1ccccc1. The molecule has 2 rings (SSSR count). The molecule has 0 aliphatic rings. The van der Waals surface area contributed by atoms with Gasteiger partial charge in [-0.3, -0.25) is 0 Å². The maximum Gasteiger partial charge on any atom is 0.119 e. The Balaban J connectivity index is 2.09. The summed E-state index contributed by atoms with van der Waals surface area (Å²) in [4.78, 5) is 0. The van der Waals surface area contributed by atoms with Crippen molar-refractivity contribution in [1.82, 2.24) is 0 Å². The Bertz CT molecular complexity index is 469. The van der Waals surface area contributed by atoms with Crippen LogP contribution in [-0.2, 0) is 6.61 Å². The molecule has 0 saturated carbocycles. The fourth-order valence-electron chi connectivity index (χ4n) is 1.65. The van der Waals surface area contributed by atoms with Crippen molar-refractivity contribution in [2.24, 2.45) is 5.84 Å². The molecule has 2 N–H and O–H groups in total. The van der Waals surface area contributed by atoms with Gasteiger partial charge in [0.2, 0.25) is 0 Å². The summed E-state index contributed by atoms with van der Waals surface area (Å²) in [7, 11) is 1.82. The molecule has 0 bridgehead atoms.